The molecule has 1 atom stereocenters. The molecule has 1 amide bonds. The van der Waals surface area contributed by atoms with E-state index < -0.39 is 5.54 Å². The lowest BCUT2D eigenvalue weighted by atomic mass is 9.90. The van der Waals surface area contributed by atoms with Crippen molar-refractivity contribution in [2.45, 2.75) is 26.3 Å². The molecule has 19 heavy (non-hydrogen) atoms. The van der Waals surface area contributed by atoms with Crippen LogP contribution in [0.4, 0.5) is 4.39 Å². The average Bonchev–Trinajstić information content (AvgIpc) is 2.37. The normalized spacial score (nSPS) is 13.5. The van der Waals surface area contributed by atoms with E-state index in [9.17, 15) is 9.18 Å². The highest BCUT2D eigenvalue weighted by molar-refractivity contribution is 5.78. The van der Waals surface area contributed by atoms with E-state index >= 15 is 0 Å². The fraction of sp³-hybridized carbons (Fsp3) is 0.429. The van der Waals surface area contributed by atoms with Crippen molar-refractivity contribution in [3.8, 4) is 11.8 Å². The topological polar surface area (TPSA) is 62.1 Å². The van der Waals surface area contributed by atoms with Gasteiger partial charge in [-0.2, -0.15) is 5.26 Å². The maximum absolute atomic E-state index is 12.7. The number of amides is 1. The molecule has 0 bridgehead atoms. The van der Waals surface area contributed by atoms with E-state index in [-0.39, 0.29) is 24.2 Å². The summed E-state index contributed by atoms with van der Waals surface area (Å²) in [6, 6.07) is 7.46. The molecule has 0 heterocycles. The highest BCUT2D eigenvalue weighted by atomic mass is 19.1. The van der Waals surface area contributed by atoms with Crippen molar-refractivity contribution in [2.75, 3.05) is 6.61 Å². The maximum Gasteiger partial charge on any atom is 0.259 e. The highest BCUT2D eigenvalue weighted by Gasteiger charge is 2.29. The quantitative estimate of drug-likeness (QED) is 0.887. The van der Waals surface area contributed by atoms with Gasteiger partial charge in [0.1, 0.15) is 17.1 Å². The second kappa shape index (κ2) is 6.19. The van der Waals surface area contributed by atoms with E-state index in [4.69, 9.17) is 10.00 Å². The van der Waals surface area contributed by atoms with Crippen LogP contribution < -0.4 is 10.1 Å². The second-order valence-electron chi connectivity index (χ2n) is 4.76. The van der Waals surface area contributed by atoms with E-state index in [1.54, 1.807) is 6.92 Å². The molecule has 5 heteroatoms. The maximum atomic E-state index is 12.7. The Labute approximate surface area is 112 Å². The number of nitrogens with one attached hydrogen (secondary N) is 1. The van der Waals surface area contributed by atoms with Gasteiger partial charge in [0.25, 0.3) is 5.91 Å². The molecular weight excluding hydrogens is 247 g/mol. The van der Waals surface area contributed by atoms with Gasteiger partial charge >= 0.3 is 0 Å². The Balaban J connectivity index is 2.53. The number of carbonyl (C=O) groups excluding carboxylic acids is 1. The van der Waals surface area contributed by atoms with Gasteiger partial charge in [0.2, 0.25) is 0 Å². The van der Waals surface area contributed by atoms with Crippen LogP contribution in [0.15, 0.2) is 24.3 Å². The fourth-order valence-corrected chi connectivity index (χ4v) is 1.31. The van der Waals surface area contributed by atoms with Crippen molar-refractivity contribution in [2.24, 2.45) is 5.92 Å². The molecule has 0 fully saturated rings. The molecule has 0 saturated carbocycles. The first-order valence-corrected chi connectivity index (χ1v) is 5.98. The Kier molecular flexibility index (Phi) is 4.87. The zero-order chi connectivity index (χ0) is 14.5. The van der Waals surface area contributed by atoms with Crippen molar-refractivity contribution in [1.82, 2.24) is 5.32 Å². The van der Waals surface area contributed by atoms with E-state index in [1.165, 1.54) is 24.3 Å². The molecule has 102 valence electrons. The third kappa shape index (κ3) is 4.25. The first-order valence-electron chi connectivity index (χ1n) is 5.98. The summed E-state index contributed by atoms with van der Waals surface area (Å²) in [5.41, 5.74) is -0.927. The Morgan fingerprint density at radius 1 is 1.47 bits per heavy atom. The second-order valence-corrected chi connectivity index (χ2v) is 4.76. The molecule has 0 radical (unpaired) electrons. The van der Waals surface area contributed by atoms with Crippen LogP contribution in [0, 0.1) is 23.1 Å². The van der Waals surface area contributed by atoms with Gasteiger partial charge < -0.3 is 10.1 Å². The lowest BCUT2D eigenvalue weighted by Crippen LogP contribution is -2.50. The smallest absolute Gasteiger partial charge is 0.259 e. The molecule has 1 rings (SSSR count). The van der Waals surface area contributed by atoms with Crippen molar-refractivity contribution in [3.63, 3.8) is 0 Å². The third-order valence-corrected chi connectivity index (χ3v) is 2.97. The number of benzene rings is 1. The van der Waals surface area contributed by atoms with Gasteiger partial charge in [-0.3, -0.25) is 4.79 Å². The van der Waals surface area contributed by atoms with Crippen molar-refractivity contribution in [1.29, 1.82) is 5.26 Å². The van der Waals surface area contributed by atoms with E-state index in [0.29, 0.717) is 5.75 Å². The van der Waals surface area contributed by atoms with Gasteiger partial charge in [0.15, 0.2) is 6.61 Å². The number of hydrogen-bond acceptors (Lipinski definition) is 3. The number of halogens is 1. The number of nitrogens with zero attached hydrogens (tertiary/aromatic N) is 1. The minimum atomic E-state index is -0.927. The average molecular weight is 264 g/mol. The summed E-state index contributed by atoms with van der Waals surface area (Å²) in [7, 11) is 0. The first-order chi connectivity index (χ1) is 8.87. The number of hydrogen-bond donors (Lipinski definition) is 1. The van der Waals surface area contributed by atoms with E-state index in [0.717, 1.165) is 0 Å². The van der Waals surface area contributed by atoms with Crippen molar-refractivity contribution in [3.05, 3.63) is 30.1 Å². The first kappa shape index (κ1) is 15.0. The SMILES string of the molecule is CC(C)[C@@](C)(C#N)NC(=O)COc1ccc(F)cc1. The molecule has 0 aliphatic heterocycles. The summed E-state index contributed by atoms with van der Waals surface area (Å²) >= 11 is 0. The molecule has 0 aliphatic rings. The lowest BCUT2D eigenvalue weighted by Gasteiger charge is -2.27. The van der Waals surface area contributed by atoms with Crippen LogP contribution in [0.1, 0.15) is 20.8 Å². The molecule has 1 aromatic carbocycles. The van der Waals surface area contributed by atoms with Crippen LogP contribution in [0.3, 0.4) is 0 Å². The van der Waals surface area contributed by atoms with Crippen LogP contribution in [-0.2, 0) is 4.79 Å². The molecule has 1 N–H and O–H groups in total. The van der Waals surface area contributed by atoms with E-state index in [1.807, 2.05) is 13.8 Å². The highest BCUT2D eigenvalue weighted by Crippen LogP contribution is 2.15. The third-order valence-electron chi connectivity index (χ3n) is 2.97. The summed E-state index contributed by atoms with van der Waals surface area (Å²) in [6.45, 7) is 5.15. The molecule has 0 aromatic heterocycles. The number of rotatable bonds is 5. The summed E-state index contributed by atoms with van der Waals surface area (Å²) in [6.07, 6.45) is 0. The van der Waals surface area contributed by atoms with Gasteiger partial charge in [0, 0.05) is 0 Å². The zero-order valence-corrected chi connectivity index (χ0v) is 11.2. The lowest BCUT2D eigenvalue weighted by molar-refractivity contribution is -0.124. The molecule has 0 saturated heterocycles. The van der Waals surface area contributed by atoms with Gasteiger partial charge in [0.05, 0.1) is 6.07 Å². The molecule has 0 aliphatic carbocycles. The summed E-state index contributed by atoms with van der Waals surface area (Å²) in [5, 5.41) is 11.7. The molecule has 1 aromatic rings. The zero-order valence-electron chi connectivity index (χ0n) is 11.2. The predicted octanol–water partition coefficient (Wildman–Crippen LogP) is 2.26. The molecule has 0 spiro atoms. The Hall–Kier alpha value is -2.09. The Morgan fingerprint density at radius 2 is 2.05 bits per heavy atom. The van der Waals surface area contributed by atoms with E-state index in [2.05, 4.69) is 11.4 Å². The van der Waals surface area contributed by atoms with Crippen LogP contribution in [0.25, 0.3) is 0 Å². The minimum Gasteiger partial charge on any atom is -0.484 e. The van der Waals surface area contributed by atoms with Gasteiger partial charge in [-0.1, -0.05) is 13.8 Å². The predicted molar refractivity (Wildman–Crippen MR) is 68.9 cm³/mol. The largest absolute Gasteiger partial charge is 0.484 e. The molecular formula is C14H17FN2O2. The minimum absolute atomic E-state index is 0.0210. The van der Waals surface area contributed by atoms with Crippen LogP contribution in [0.5, 0.6) is 5.75 Å². The Morgan fingerprint density at radius 3 is 2.53 bits per heavy atom. The van der Waals surface area contributed by atoms with Gasteiger partial charge in [-0.15, -0.1) is 0 Å². The monoisotopic (exact) mass is 264 g/mol. The standard InChI is InChI=1S/C14H17FN2O2/c1-10(2)14(3,9-16)17-13(18)8-19-12-6-4-11(15)5-7-12/h4-7,10H,8H2,1-3H3,(H,17,18)/t14-/m1/s1. The van der Waals surface area contributed by atoms with Crippen LogP contribution in [0.2, 0.25) is 0 Å². The van der Waals surface area contributed by atoms with Crippen molar-refractivity contribution < 1.29 is 13.9 Å². The number of carbonyl (C=O) groups is 1. The van der Waals surface area contributed by atoms with Gasteiger partial charge in [-0.05, 0) is 37.1 Å². The summed E-state index contributed by atoms with van der Waals surface area (Å²) in [4.78, 5) is 11.7. The molecule has 4 nitrogen and oxygen atoms in total. The van der Waals surface area contributed by atoms with Crippen molar-refractivity contribution >= 4 is 5.91 Å². The summed E-state index contributed by atoms with van der Waals surface area (Å²) in [5.74, 6) is -0.372. The summed E-state index contributed by atoms with van der Waals surface area (Å²) < 4.78 is 17.9. The molecule has 0 unspecified atom stereocenters. The Bertz CT molecular complexity index is 479. The fourth-order valence-electron chi connectivity index (χ4n) is 1.31. The van der Waals surface area contributed by atoms with Gasteiger partial charge in [-0.25, -0.2) is 4.39 Å². The number of ether oxygens (including phenoxy) is 1. The van der Waals surface area contributed by atoms with Crippen LogP contribution in [-0.4, -0.2) is 18.1 Å². The van der Waals surface area contributed by atoms with Crippen LogP contribution >= 0.6 is 0 Å². The number of nitriles is 1.